The van der Waals surface area contributed by atoms with E-state index in [0.29, 0.717) is 11.6 Å². The number of methoxy groups -OCH3 is 1. The molecule has 6 nitrogen and oxygen atoms in total. The van der Waals surface area contributed by atoms with Crippen LogP contribution in [0.3, 0.4) is 0 Å². The third-order valence-electron chi connectivity index (χ3n) is 1.47. The Labute approximate surface area is 87.6 Å². The molecule has 0 amide bonds. The Bertz CT molecular complexity index is 461. The monoisotopic (exact) mass is 227 g/mol. The number of nitriles is 1. The number of sulfonamides is 1. The van der Waals surface area contributed by atoms with Crippen LogP contribution in [0.2, 0.25) is 0 Å². The average Bonchev–Trinajstić information content (AvgIpc) is 2.18. The molecule has 1 aromatic rings. The number of rotatable bonds is 4. The predicted molar refractivity (Wildman–Crippen MR) is 53.8 cm³/mol. The topological polar surface area (TPSA) is 92.1 Å². The molecule has 0 saturated carbocycles. The number of aromatic nitrogens is 1. The molecule has 0 spiro atoms. The largest absolute Gasteiger partial charge is 0.481 e. The van der Waals surface area contributed by atoms with Crippen LogP contribution in [0, 0.1) is 11.3 Å². The minimum atomic E-state index is -3.60. The highest BCUT2D eigenvalue weighted by Crippen LogP contribution is 2.12. The average molecular weight is 227 g/mol. The molecule has 0 aliphatic carbocycles. The summed E-state index contributed by atoms with van der Waals surface area (Å²) in [6, 6.07) is 4.57. The van der Waals surface area contributed by atoms with Gasteiger partial charge in [0.05, 0.1) is 25.1 Å². The minimum Gasteiger partial charge on any atom is -0.481 e. The van der Waals surface area contributed by atoms with Gasteiger partial charge in [-0.25, -0.2) is 13.4 Å². The van der Waals surface area contributed by atoms with E-state index in [1.54, 1.807) is 6.07 Å². The van der Waals surface area contributed by atoms with Crippen molar-refractivity contribution in [1.82, 2.24) is 4.98 Å². The van der Waals surface area contributed by atoms with Gasteiger partial charge >= 0.3 is 0 Å². The third kappa shape index (κ3) is 3.44. The fourth-order valence-corrected chi connectivity index (χ4v) is 1.58. The molecule has 80 valence electrons. The van der Waals surface area contributed by atoms with Gasteiger partial charge < -0.3 is 4.74 Å². The van der Waals surface area contributed by atoms with E-state index in [1.807, 2.05) is 0 Å². The second-order valence-electron chi connectivity index (χ2n) is 2.61. The second-order valence-corrected chi connectivity index (χ2v) is 4.33. The molecule has 0 aromatic carbocycles. The normalized spacial score (nSPS) is 10.4. The van der Waals surface area contributed by atoms with Crippen LogP contribution in [0.5, 0.6) is 5.88 Å². The van der Waals surface area contributed by atoms with Crippen LogP contribution >= 0.6 is 0 Å². The summed E-state index contributed by atoms with van der Waals surface area (Å²) < 4.78 is 29.3. The van der Waals surface area contributed by atoms with E-state index in [0.717, 1.165) is 0 Å². The number of ether oxygens (including phenoxy) is 1. The van der Waals surface area contributed by atoms with Crippen LogP contribution in [0.25, 0.3) is 0 Å². The summed E-state index contributed by atoms with van der Waals surface area (Å²) in [5.41, 5.74) is 0.297. The van der Waals surface area contributed by atoms with E-state index in [-0.39, 0.29) is 0 Å². The van der Waals surface area contributed by atoms with Gasteiger partial charge in [-0.2, -0.15) is 5.26 Å². The lowest BCUT2D eigenvalue weighted by Gasteiger charge is -2.04. The fraction of sp³-hybridized carbons (Fsp3) is 0.250. The van der Waals surface area contributed by atoms with Gasteiger partial charge in [-0.05, 0) is 6.07 Å². The highest BCUT2D eigenvalue weighted by Gasteiger charge is 2.09. The molecule has 0 fully saturated rings. The Hall–Kier alpha value is -1.81. The highest BCUT2D eigenvalue weighted by molar-refractivity contribution is 7.92. The second kappa shape index (κ2) is 4.61. The van der Waals surface area contributed by atoms with Gasteiger partial charge in [-0.3, -0.25) is 4.72 Å². The molecule has 0 aliphatic rings. The first-order valence-electron chi connectivity index (χ1n) is 3.95. The summed E-state index contributed by atoms with van der Waals surface area (Å²) in [5.74, 6) is -0.197. The number of anilines is 1. The maximum Gasteiger partial charge on any atom is 0.246 e. The number of nitrogens with zero attached hydrogens (tertiary/aromatic N) is 2. The van der Waals surface area contributed by atoms with E-state index in [4.69, 9.17) is 10.00 Å². The molecule has 7 heteroatoms. The zero-order chi connectivity index (χ0) is 11.3. The molecule has 0 atom stereocenters. The lowest BCUT2D eigenvalue weighted by atomic mass is 10.4. The summed E-state index contributed by atoms with van der Waals surface area (Å²) in [7, 11) is -2.14. The van der Waals surface area contributed by atoms with Crippen molar-refractivity contribution in [3.63, 3.8) is 0 Å². The van der Waals surface area contributed by atoms with Gasteiger partial charge in [0.15, 0.2) is 5.75 Å². The van der Waals surface area contributed by atoms with Crippen LogP contribution in [0.4, 0.5) is 5.69 Å². The van der Waals surface area contributed by atoms with Gasteiger partial charge in [0, 0.05) is 6.07 Å². The van der Waals surface area contributed by atoms with E-state index in [2.05, 4.69) is 9.71 Å². The highest BCUT2D eigenvalue weighted by atomic mass is 32.2. The van der Waals surface area contributed by atoms with Crippen molar-refractivity contribution in [1.29, 1.82) is 5.26 Å². The number of nitrogens with one attached hydrogen (secondary N) is 1. The summed E-state index contributed by atoms with van der Waals surface area (Å²) in [6.07, 6.45) is 1.31. The Balaban J connectivity index is 2.78. The fourth-order valence-electron chi connectivity index (χ4n) is 0.862. The Kier molecular flexibility index (Phi) is 3.46. The molecule has 0 saturated heterocycles. The van der Waals surface area contributed by atoms with Crippen molar-refractivity contribution < 1.29 is 13.2 Å². The predicted octanol–water partition coefficient (Wildman–Crippen LogP) is 0.355. The first-order valence-corrected chi connectivity index (χ1v) is 5.60. The molecule has 0 unspecified atom stereocenters. The third-order valence-corrected chi connectivity index (χ3v) is 2.53. The summed E-state index contributed by atoms with van der Waals surface area (Å²) in [4.78, 5) is 3.81. The van der Waals surface area contributed by atoms with Crippen LogP contribution in [-0.2, 0) is 10.0 Å². The summed E-state index contributed by atoms with van der Waals surface area (Å²) >= 11 is 0. The first kappa shape index (κ1) is 11.3. The van der Waals surface area contributed by atoms with Crippen molar-refractivity contribution in [2.24, 2.45) is 0 Å². The Morgan fingerprint density at radius 1 is 1.60 bits per heavy atom. The molecule has 0 radical (unpaired) electrons. The SMILES string of the molecule is COc1ccc(NS(=O)(=O)CC#N)cn1. The molecular formula is C8H9N3O3S. The first-order chi connectivity index (χ1) is 7.07. The van der Waals surface area contributed by atoms with Crippen molar-refractivity contribution in [3.05, 3.63) is 18.3 Å². The van der Waals surface area contributed by atoms with Gasteiger partial charge in [-0.1, -0.05) is 0 Å². The van der Waals surface area contributed by atoms with Crippen molar-refractivity contribution in [2.75, 3.05) is 17.6 Å². The van der Waals surface area contributed by atoms with Crippen molar-refractivity contribution >= 4 is 15.7 Å². The summed E-state index contributed by atoms with van der Waals surface area (Å²) in [5, 5.41) is 8.26. The zero-order valence-electron chi connectivity index (χ0n) is 7.97. The molecule has 0 aliphatic heterocycles. The maximum absolute atomic E-state index is 11.2. The zero-order valence-corrected chi connectivity index (χ0v) is 8.78. The van der Waals surface area contributed by atoms with Gasteiger partial charge in [-0.15, -0.1) is 0 Å². The molecule has 1 heterocycles. The van der Waals surface area contributed by atoms with Crippen LogP contribution in [0.1, 0.15) is 0 Å². The van der Waals surface area contributed by atoms with Crippen LogP contribution in [0.15, 0.2) is 18.3 Å². The smallest absolute Gasteiger partial charge is 0.246 e. The number of hydrogen-bond donors (Lipinski definition) is 1. The lowest BCUT2D eigenvalue weighted by Crippen LogP contribution is -2.15. The summed E-state index contributed by atoms with van der Waals surface area (Å²) in [6.45, 7) is 0. The molecule has 15 heavy (non-hydrogen) atoms. The van der Waals surface area contributed by atoms with Crippen LogP contribution in [-0.4, -0.2) is 26.3 Å². The minimum absolute atomic E-state index is 0.297. The lowest BCUT2D eigenvalue weighted by molar-refractivity contribution is 0.398. The van der Waals surface area contributed by atoms with E-state index >= 15 is 0 Å². The number of pyridine rings is 1. The molecule has 0 bridgehead atoms. The van der Waals surface area contributed by atoms with Gasteiger partial charge in [0.25, 0.3) is 0 Å². The van der Waals surface area contributed by atoms with Gasteiger partial charge in [0.2, 0.25) is 15.9 Å². The Morgan fingerprint density at radius 2 is 2.33 bits per heavy atom. The molecule has 1 aromatic heterocycles. The Morgan fingerprint density at radius 3 is 2.80 bits per heavy atom. The molecule has 1 N–H and O–H groups in total. The molecular weight excluding hydrogens is 218 g/mol. The van der Waals surface area contributed by atoms with E-state index < -0.39 is 15.8 Å². The van der Waals surface area contributed by atoms with Gasteiger partial charge in [0.1, 0.15) is 0 Å². The maximum atomic E-state index is 11.2. The quantitative estimate of drug-likeness (QED) is 0.801. The van der Waals surface area contributed by atoms with E-state index in [1.165, 1.54) is 25.4 Å². The standard InChI is InChI=1S/C8H9N3O3S/c1-14-8-3-2-7(6-10-8)11-15(12,13)5-4-9/h2-3,6,11H,5H2,1H3. The van der Waals surface area contributed by atoms with E-state index in [9.17, 15) is 8.42 Å². The van der Waals surface area contributed by atoms with Crippen LogP contribution < -0.4 is 9.46 Å². The van der Waals surface area contributed by atoms with Crippen molar-refractivity contribution in [2.45, 2.75) is 0 Å². The number of hydrogen-bond acceptors (Lipinski definition) is 5. The van der Waals surface area contributed by atoms with Crippen molar-refractivity contribution in [3.8, 4) is 11.9 Å². The molecule has 1 rings (SSSR count).